The lowest BCUT2D eigenvalue weighted by atomic mass is 9.87. The van der Waals surface area contributed by atoms with Gasteiger partial charge in [0.15, 0.2) is 0 Å². The first-order chi connectivity index (χ1) is 9.28. The van der Waals surface area contributed by atoms with E-state index in [0.29, 0.717) is 18.4 Å². The van der Waals surface area contributed by atoms with Crippen LogP contribution in [0.25, 0.3) is 0 Å². The molecule has 0 aromatic carbocycles. The number of aliphatic hydroxyl groups excluding tert-OH is 1. The lowest BCUT2D eigenvalue weighted by Crippen LogP contribution is -2.25. The number of aliphatic hydroxyl groups is 1. The topological polar surface area (TPSA) is 67.3 Å². The molecular formula is C14H23N3O2. The first kappa shape index (κ1) is 14.1. The van der Waals surface area contributed by atoms with Crippen LogP contribution in [0.15, 0.2) is 12.4 Å². The van der Waals surface area contributed by atoms with Crippen LogP contribution < -0.4 is 10.1 Å². The van der Waals surface area contributed by atoms with E-state index in [1.807, 2.05) is 6.07 Å². The molecular weight excluding hydrogens is 242 g/mol. The van der Waals surface area contributed by atoms with Gasteiger partial charge in [-0.15, -0.1) is 0 Å². The SMILES string of the molecule is CCCOc1cc(NCC2CCCC(O)C2)ncn1. The summed E-state index contributed by atoms with van der Waals surface area (Å²) in [4.78, 5) is 8.26. The third-order valence-electron chi connectivity index (χ3n) is 3.42. The zero-order valence-corrected chi connectivity index (χ0v) is 11.5. The van der Waals surface area contributed by atoms with Crippen LogP contribution >= 0.6 is 0 Å². The molecule has 19 heavy (non-hydrogen) atoms. The second kappa shape index (κ2) is 7.28. The van der Waals surface area contributed by atoms with Gasteiger partial charge in [-0.3, -0.25) is 0 Å². The summed E-state index contributed by atoms with van der Waals surface area (Å²) >= 11 is 0. The number of hydrogen-bond acceptors (Lipinski definition) is 5. The summed E-state index contributed by atoms with van der Waals surface area (Å²) in [5.74, 6) is 1.93. The molecule has 106 valence electrons. The van der Waals surface area contributed by atoms with Gasteiger partial charge in [-0.25, -0.2) is 9.97 Å². The summed E-state index contributed by atoms with van der Waals surface area (Å²) < 4.78 is 5.47. The van der Waals surface area contributed by atoms with E-state index in [-0.39, 0.29) is 6.10 Å². The molecule has 2 atom stereocenters. The lowest BCUT2D eigenvalue weighted by molar-refractivity contribution is 0.104. The van der Waals surface area contributed by atoms with E-state index in [0.717, 1.165) is 38.0 Å². The first-order valence-electron chi connectivity index (χ1n) is 7.14. The molecule has 0 aliphatic heterocycles. The number of aromatic nitrogens is 2. The Kier molecular flexibility index (Phi) is 5.39. The fraction of sp³-hybridized carbons (Fsp3) is 0.714. The van der Waals surface area contributed by atoms with Crippen LogP contribution in [-0.2, 0) is 0 Å². The average molecular weight is 265 g/mol. The van der Waals surface area contributed by atoms with E-state index in [2.05, 4.69) is 22.2 Å². The van der Waals surface area contributed by atoms with Crippen LogP contribution in [0.3, 0.4) is 0 Å². The first-order valence-corrected chi connectivity index (χ1v) is 7.14. The largest absolute Gasteiger partial charge is 0.478 e. The summed E-state index contributed by atoms with van der Waals surface area (Å²) in [5, 5.41) is 13.0. The van der Waals surface area contributed by atoms with E-state index >= 15 is 0 Å². The van der Waals surface area contributed by atoms with Gasteiger partial charge in [0, 0.05) is 12.6 Å². The highest BCUT2D eigenvalue weighted by atomic mass is 16.5. The van der Waals surface area contributed by atoms with Crippen LogP contribution in [0.1, 0.15) is 39.0 Å². The predicted molar refractivity (Wildman–Crippen MR) is 74.3 cm³/mol. The van der Waals surface area contributed by atoms with Crippen molar-refractivity contribution < 1.29 is 9.84 Å². The number of nitrogens with one attached hydrogen (secondary N) is 1. The van der Waals surface area contributed by atoms with E-state index in [1.165, 1.54) is 12.7 Å². The number of nitrogens with zero attached hydrogens (tertiary/aromatic N) is 2. The minimum Gasteiger partial charge on any atom is -0.478 e. The molecule has 2 rings (SSSR count). The molecule has 5 nitrogen and oxygen atoms in total. The molecule has 0 saturated heterocycles. The highest BCUT2D eigenvalue weighted by Crippen LogP contribution is 2.24. The fourth-order valence-electron chi connectivity index (χ4n) is 2.42. The van der Waals surface area contributed by atoms with Crippen LogP contribution in [0.5, 0.6) is 5.88 Å². The van der Waals surface area contributed by atoms with Gasteiger partial charge in [-0.05, 0) is 31.6 Å². The van der Waals surface area contributed by atoms with Gasteiger partial charge in [0.05, 0.1) is 12.7 Å². The Hall–Kier alpha value is -1.36. The summed E-state index contributed by atoms with van der Waals surface area (Å²) in [6.45, 7) is 3.58. The van der Waals surface area contributed by atoms with Gasteiger partial charge in [-0.1, -0.05) is 13.3 Å². The van der Waals surface area contributed by atoms with E-state index < -0.39 is 0 Å². The van der Waals surface area contributed by atoms with E-state index in [4.69, 9.17) is 4.74 Å². The zero-order valence-electron chi connectivity index (χ0n) is 11.5. The Morgan fingerprint density at radius 1 is 1.42 bits per heavy atom. The summed E-state index contributed by atoms with van der Waals surface area (Å²) in [7, 11) is 0. The Bertz CT molecular complexity index is 387. The lowest BCUT2D eigenvalue weighted by Gasteiger charge is -2.26. The monoisotopic (exact) mass is 265 g/mol. The molecule has 0 spiro atoms. The molecule has 2 N–H and O–H groups in total. The fourth-order valence-corrected chi connectivity index (χ4v) is 2.42. The number of ether oxygens (including phenoxy) is 1. The van der Waals surface area contributed by atoms with Crippen molar-refractivity contribution in [1.29, 1.82) is 0 Å². The Balaban J connectivity index is 1.81. The molecule has 1 aromatic heterocycles. The second-order valence-corrected chi connectivity index (χ2v) is 5.16. The van der Waals surface area contributed by atoms with Crippen molar-refractivity contribution in [1.82, 2.24) is 9.97 Å². The normalized spacial score (nSPS) is 23.1. The molecule has 0 amide bonds. The molecule has 1 aromatic rings. The maximum absolute atomic E-state index is 9.64. The maximum atomic E-state index is 9.64. The van der Waals surface area contributed by atoms with Gasteiger partial charge >= 0.3 is 0 Å². The molecule has 0 radical (unpaired) electrons. The van der Waals surface area contributed by atoms with Gasteiger partial charge in [-0.2, -0.15) is 0 Å². The highest BCUT2D eigenvalue weighted by Gasteiger charge is 2.19. The van der Waals surface area contributed by atoms with Crippen LogP contribution in [0, 0.1) is 5.92 Å². The van der Waals surface area contributed by atoms with Gasteiger partial charge in [0.1, 0.15) is 12.1 Å². The van der Waals surface area contributed by atoms with Crippen LogP contribution in [0.2, 0.25) is 0 Å². The van der Waals surface area contributed by atoms with Crippen LogP contribution in [-0.4, -0.2) is 34.3 Å². The molecule has 1 aliphatic rings. The average Bonchev–Trinajstić information content (AvgIpc) is 2.43. The summed E-state index contributed by atoms with van der Waals surface area (Å²) in [6.07, 6.45) is 6.47. The smallest absolute Gasteiger partial charge is 0.218 e. The maximum Gasteiger partial charge on any atom is 0.218 e. The van der Waals surface area contributed by atoms with Crippen molar-refractivity contribution in [3.63, 3.8) is 0 Å². The molecule has 1 aliphatic carbocycles. The van der Waals surface area contributed by atoms with Crippen molar-refractivity contribution in [2.75, 3.05) is 18.5 Å². The quantitative estimate of drug-likeness (QED) is 0.825. The standard InChI is InChI=1S/C14H23N3O2/c1-2-6-19-14-8-13(16-10-17-14)15-9-11-4-3-5-12(18)7-11/h8,10-12,18H,2-7,9H2,1H3,(H,15,16,17). The molecule has 1 fully saturated rings. The molecule has 2 unspecified atom stereocenters. The Labute approximate surface area is 114 Å². The van der Waals surface area contributed by atoms with Crippen molar-refractivity contribution in [3.8, 4) is 5.88 Å². The van der Waals surface area contributed by atoms with Crippen molar-refractivity contribution in [3.05, 3.63) is 12.4 Å². The number of hydrogen-bond donors (Lipinski definition) is 2. The minimum atomic E-state index is -0.130. The summed E-state index contributed by atoms with van der Waals surface area (Å²) in [5.41, 5.74) is 0. The Morgan fingerprint density at radius 2 is 2.32 bits per heavy atom. The van der Waals surface area contributed by atoms with Crippen LogP contribution in [0.4, 0.5) is 5.82 Å². The molecule has 5 heteroatoms. The van der Waals surface area contributed by atoms with Crippen molar-refractivity contribution >= 4 is 5.82 Å². The van der Waals surface area contributed by atoms with Crippen molar-refractivity contribution in [2.45, 2.75) is 45.1 Å². The van der Waals surface area contributed by atoms with E-state index in [9.17, 15) is 5.11 Å². The molecule has 0 bridgehead atoms. The molecule has 1 saturated carbocycles. The van der Waals surface area contributed by atoms with E-state index in [1.54, 1.807) is 0 Å². The third kappa shape index (κ3) is 4.67. The van der Waals surface area contributed by atoms with Crippen molar-refractivity contribution in [2.24, 2.45) is 5.92 Å². The Morgan fingerprint density at radius 3 is 3.11 bits per heavy atom. The van der Waals surface area contributed by atoms with Gasteiger partial charge < -0.3 is 15.2 Å². The second-order valence-electron chi connectivity index (χ2n) is 5.16. The summed E-state index contributed by atoms with van der Waals surface area (Å²) in [6, 6.07) is 1.83. The third-order valence-corrected chi connectivity index (χ3v) is 3.42. The highest BCUT2D eigenvalue weighted by molar-refractivity contribution is 5.37. The molecule has 1 heterocycles. The zero-order chi connectivity index (χ0) is 13.5. The number of rotatable bonds is 6. The minimum absolute atomic E-state index is 0.130. The number of anilines is 1. The predicted octanol–water partition coefficient (Wildman–Crippen LogP) is 2.23. The van der Waals surface area contributed by atoms with Gasteiger partial charge in [0.2, 0.25) is 5.88 Å². The van der Waals surface area contributed by atoms with Gasteiger partial charge in [0.25, 0.3) is 0 Å².